The number of hydrogen-bond donors (Lipinski definition) is 0. The van der Waals surface area contributed by atoms with E-state index in [0.717, 1.165) is 18.8 Å². The van der Waals surface area contributed by atoms with Crippen molar-refractivity contribution in [1.82, 2.24) is 0 Å². The van der Waals surface area contributed by atoms with E-state index in [1.807, 2.05) is 13.0 Å². The molecule has 0 spiro atoms. The molecule has 0 aromatic heterocycles. The second-order valence-electron chi connectivity index (χ2n) is 2.10. The van der Waals surface area contributed by atoms with Crippen LogP contribution in [0.25, 0.3) is 0 Å². The summed E-state index contributed by atoms with van der Waals surface area (Å²) < 4.78 is 5.32. The summed E-state index contributed by atoms with van der Waals surface area (Å²) in [5.41, 5.74) is 0. The standard InChI is InChI=1S/C9H16O/c1-4-7-8-10-9(5-2)6-3/h5-6H,2,4,7-8H2,1,3H3. The van der Waals surface area contributed by atoms with Gasteiger partial charge in [-0.25, -0.2) is 0 Å². The SMILES string of the molecule is C=CC(=CC)OCCCC. The number of unbranched alkanes of at least 4 members (excludes halogenated alkanes) is 1. The second kappa shape index (κ2) is 6.40. The summed E-state index contributed by atoms with van der Waals surface area (Å²) >= 11 is 0. The average molecular weight is 140 g/mol. The van der Waals surface area contributed by atoms with Crippen molar-refractivity contribution in [3.63, 3.8) is 0 Å². The zero-order valence-corrected chi connectivity index (χ0v) is 6.89. The Morgan fingerprint density at radius 1 is 1.60 bits per heavy atom. The van der Waals surface area contributed by atoms with E-state index in [1.165, 1.54) is 6.42 Å². The quantitative estimate of drug-likeness (QED) is 0.324. The first-order valence-electron chi connectivity index (χ1n) is 3.76. The van der Waals surface area contributed by atoms with E-state index in [1.54, 1.807) is 6.08 Å². The third-order valence-corrected chi connectivity index (χ3v) is 1.25. The third-order valence-electron chi connectivity index (χ3n) is 1.25. The minimum absolute atomic E-state index is 0.808. The van der Waals surface area contributed by atoms with Crippen LogP contribution in [0, 0.1) is 0 Å². The molecule has 0 saturated heterocycles. The van der Waals surface area contributed by atoms with Gasteiger partial charge in [0.1, 0.15) is 5.76 Å². The van der Waals surface area contributed by atoms with Crippen molar-refractivity contribution < 1.29 is 4.74 Å². The molecule has 0 heterocycles. The Morgan fingerprint density at radius 2 is 2.30 bits per heavy atom. The van der Waals surface area contributed by atoms with Crippen LogP contribution < -0.4 is 0 Å². The third kappa shape index (κ3) is 4.19. The molecule has 0 aliphatic rings. The van der Waals surface area contributed by atoms with Gasteiger partial charge in [0, 0.05) is 0 Å². The summed E-state index contributed by atoms with van der Waals surface area (Å²) in [6.45, 7) is 8.52. The summed E-state index contributed by atoms with van der Waals surface area (Å²) in [4.78, 5) is 0. The van der Waals surface area contributed by atoms with Gasteiger partial charge < -0.3 is 4.74 Å². The summed E-state index contributed by atoms with van der Waals surface area (Å²) in [5, 5.41) is 0. The van der Waals surface area contributed by atoms with Crippen LogP contribution in [0.15, 0.2) is 24.5 Å². The zero-order chi connectivity index (χ0) is 7.82. The van der Waals surface area contributed by atoms with Gasteiger partial charge >= 0.3 is 0 Å². The number of rotatable bonds is 5. The minimum atomic E-state index is 0.808. The highest BCUT2D eigenvalue weighted by atomic mass is 16.5. The normalized spacial score (nSPS) is 11.2. The van der Waals surface area contributed by atoms with Crippen LogP contribution in [0.5, 0.6) is 0 Å². The molecular weight excluding hydrogens is 124 g/mol. The van der Waals surface area contributed by atoms with E-state index < -0.39 is 0 Å². The van der Waals surface area contributed by atoms with Crippen LogP contribution in [0.2, 0.25) is 0 Å². The minimum Gasteiger partial charge on any atom is -0.494 e. The molecule has 0 atom stereocenters. The van der Waals surface area contributed by atoms with Crippen molar-refractivity contribution in [3.8, 4) is 0 Å². The number of hydrogen-bond acceptors (Lipinski definition) is 1. The lowest BCUT2D eigenvalue weighted by Gasteiger charge is -2.03. The van der Waals surface area contributed by atoms with Crippen molar-refractivity contribution in [1.29, 1.82) is 0 Å². The molecule has 0 aliphatic carbocycles. The maximum absolute atomic E-state index is 5.32. The lowest BCUT2D eigenvalue weighted by molar-refractivity contribution is 0.219. The molecule has 10 heavy (non-hydrogen) atoms. The highest BCUT2D eigenvalue weighted by Crippen LogP contribution is 1.99. The van der Waals surface area contributed by atoms with Gasteiger partial charge in [-0.05, 0) is 25.5 Å². The molecule has 0 bridgehead atoms. The van der Waals surface area contributed by atoms with Crippen molar-refractivity contribution >= 4 is 0 Å². The Kier molecular flexibility index (Phi) is 5.94. The van der Waals surface area contributed by atoms with Gasteiger partial charge in [-0.1, -0.05) is 19.9 Å². The van der Waals surface area contributed by atoms with Gasteiger partial charge in [0.2, 0.25) is 0 Å². The Hall–Kier alpha value is -0.720. The monoisotopic (exact) mass is 140 g/mol. The average Bonchev–Trinajstić information content (AvgIpc) is 1.99. The van der Waals surface area contributed by atoms with E-state index in [4.69, 9.17) is 4.74 Å². The molecule has 0 N–H and O–H groups in total. The van der Waals surface area contributed by atoms with Crippen molar-refractivity contribution in [2.75, 3.05) is 6.61 Å². The summed E-state index contributed by atoms with van der Waals surface area (Å²) in [5.74, 6) is 0.883. The topological polar surface area (TPSA) is 9.23 Å². The Morgan fingerprint density at radius 3 is 2.70 bits per heavy atom. The molecule has 1 nitrogen and oxygen atoms in total. The van der Waals surface area contributed by atoms with E-state index in [-0.39, 0.29) is 0 Å². The highest BCUT2D eigenvalue weighted by Gasteiger charge is 1.87. The van der Waals surface area contributed by atoms with Gasteiger partial charge in [-0.15, -0.1) is 0 Å². The second-order valence-corrected chi connectivity index (χ2v) is 2.10. The van der Waals surface area contributed by atoms with Crippen molar-refractivity contribution in [2.45, 2.75) is 26.7 Å². The fourth-order valence-corrected chi connectivity index (χ4v) is 0.594. The Labute approximate surface area is 63.4 Å². The highest BCUT2D eigenvalue weighted by molar-refractivity contribution is 5.06. The van der Waals surface area contributed by atoms with Crippen LogP contribution in [0.4, 0.5) is 0 Å². The first kappa shape index (κ1) is 9.28. The fourth-order valence-electron chi connectivity index (χ4n) is 0.594. The molecular formula is C9H16O. The molecule has 0 unspecified atom stereocenters. The van der Waals surface area contributed by atoms with Gasteiger partial charge in [0.25, 0.3) is 0 Å². The molecule has 0 saturated carbocycles. The maximum Gasteiger partial charge on any atom is 0.114 e. The molecule has 0 aromatic rings. The molecule has 0 amide bonds. The molecule has 1 heteroatoms. The fraction of sp³-hybridized carbons (Fsp3) is 0.556. The van der Waals surface area contributed by atoms with Crippen LogP contribution in [0.1, 0.15) is 26.7 Å². The van der Waals surface area contributed by atoms with E-state index in [2.05, 4.69) is 13.5 Å². The zero-order valence-electron chi connectivity index (χ0n) is 6.89. The predicted octanol–water partition coefficient (Wildman–Crippen LogP) is 2.89. The number of ether oxygens (including phenoxy) is 1. The maximum atomic E-state index is 5.32. The summed E-state index contributed by atoms with van der Waals surface area (Å²) in [6.07, 6.45) is 5.94. The predicted molar refractivity (Wildman–Crippen MR) is 44.8 cm³/mol. The lowest BCUT2D eigenvalue weighted by Crippen LogP contribution is -1.91. The Bertz CT molecular complexity index is 114. The van der Waals surface area contributed by atoms with Crippen LogP contribution in [-0.2, 0) is 4.74 Å². The van der Waals surface area contributed by atoms with Gasteiger partial charge in [-0.3, -0.25) is 0 Å². The van der Waals surface area contributed by atoms with E-state index in [9.17, 15) is 0 Å². The smallest absolute Gasteiger partial charge is 0.114 e. The van der Waals surface area contributed by atoms with Gasteiger partial charge in [0.15, 0.2) is 0 Å². The molecule has 0 aliphatic heterocycles. The van der Waals surface area contributed by atoms with Crippen LogP contribution >= 0.6 is 0 Å². The van der Waals surface area contributed by atoms with E-state index >= 15 is 0 Å². The molecule has 58 valence electrons. The summed E-state index contributed by atoms with van der Waals surface area (Å²) in [7, 11) is 0. The molecule has 0 fully saturated rings. The van der Waals surface area contributed by atoms with Gasteiger partial charge in [0.05, 0.1) is 6.61 Å². The number of allylic oxidation sites excluding steroid dienone is 2. The van der Waals surface area contributed by atoms with E-state index in [0.29, 0.717) is 0 Å². The van der Waals surface area contributed by atoms with Crippen LogP contribution in [-0.4, -0.2) is 6.61 Å². The van der Waals surface area contributed by atoms with Crippen molar-refractivity contribution in [2.24, 2.45) is 0 Å². The van der Waals surface area contributed by atoms with Gasteiger partial charge in [-0.2, -0.15) is 0 Å². The molecule has 0 rings (SSSR count). The first-order chi connectivity index (χ1) is 4.85. The lowest BCUT2D eigenvalue weighted by atomic mass is 10.3. The largest absolute Gasteiger partial charge is 0.494 e. The Balaban J connectivity index is 3.36. The molecule has 0 aromatic carbocycles. The van der Waals surface area contributed by atoms with Crippen molar-refractivity contribution in [3.05, 3.63) is 24.5 Å². The summed E-state index contributed by atoms with van der Waals surface area (Å²) in [6, 6.07) is 0. The first-order valence-corrected chi connectivity index (χ1v) is 3.76. The molecule has 0 radical (unpaired) electrons. The van der Waals surface area contributed by atoms with Crippen LogP contribution in [0.3, 0.4) is 0 Å².